The molecule has 4 bridgehead atoms. The van der Waals surface area contributed by atoms with E-state index in [0.717, 1.165) is 73.8 Å². The van der Waals surface area contributed by atoms with Crippen molar-refractivity contribution in [1.29, 1.82) is 0 Å². The Balaban J connectivity index is 1.12. The van der Waals surface area contributed by atoms with Crippen LogP contribution in [-0.4, -0.2) is 0 Å². The highest BCUT2D eigenvalue weighted by Gasteiger charge is 2.51. The summed E-state index contributed by atoms with van der Waals surface area (Å²) in [7, 11) is 0. The van der Waals surface area contributed by atoms with Crippen molar-refractivity contribution in [2.24, 2.45) is 17.8 Å². The second-order valence-electron chi connectivity index (χ2n) is 14.8. The van der Waals surface area contributed by atoms with Crippen molar-refractivity contribution in [2.75, 3.05) is 9.80 Å². The zero-order valence-electron chi connectivity index (χ0n) is 27.7. The number of fused-ring (bicyclic) bond motifs is 3. The molecule has 4 aliphatic carbocycles. The van der Waals surface area contributed by atoms with E-state index in [0.29, 0.717) is 5.41 Å². The topological polar surface area (TPSA) is 19.6 Å². The summed E-state index contributed by atoms with van der Waals surface area (Å²) in [6.45, 7) is 0. The summed E-state index contributed by atoms with van der Waals surface area (Å²) < 4.78 is 7.07. The van der Waals surface area contributed by atoms with E-state index < -0.39 is 0 Å². The Hall–Kier alpha value is -5.28. The molecule has 0 atom stereocenters. The smallest absolute Gasteiger partial charge is 0.159 e. The summed E-state index contributed by atoms with van der Waals surface area (Å²) >= 11 is 0. The van der Waals surface area contributed by atoms with Crippen LogP contribution in [-0.2, 0) is 5.41 Å². The number of benzene rings is 6. The van der Waals surface area contributed by atoms with Crippen molar-refractivity contribution in [1.82, 2.24) is 0 Å². The highest BCUT2D eigenvalue weighted by Crippen LogP contribution is 2.61. The number of nitrogens with zero attached hydrogens (tertiary/aromatic N) is 2. The van der Waals surface area contributed by atoms with Gasteiger partial charge in [0.05, 0.1) is 11.4 Å². The second kappa shape index (κ2) is 11.4. The zero-order valence-corrected chi connectivity index (χ0v) is 27.7. The molecule has 4 aliphatic rings. The van der Waals surface area contributed by atoms with Gasteiger partial charge in [-0.2, -0.15) is 0 Å². The molecule has 1 aromatic heterocycles. The highest BCUT2D eigenvalue weighted by atomic mass is 16.3. The van der Waals surface area contributed by atoms with Gasteiger partial charge < -0.3 is 14.2 Å². The Kier molecular flexibility index (Phi) is 6.69. The fourth-order valence-electron chi connectivity index (χ4n) is 10.2. The Morgan fingerprint density at radius 3 is 1.20 bits per heavy atom. The molecule has 4 saturated carbocycles. The molecule has 0 unspecified atom stereocenters. The molecule has 3 nitrogen and oxygen atoms in total. The van der Waals surface area contributed by atoms with Gasteiger partial charge in [0.25, 0.3) is 0 Å². The molecule has 0 amide bonds. The molecule has 1 heterocycles. The fourth-order valence-corrected chi connectivity index (χ4v) is 10.2. The number of hydrogen-bond acceptors (Lipinski definition) is 3. The minimum atomic E-state index is 0.378. The van der Waals surface area contributed by atoms with Crippen molar-refractivity contribution in [3.05, 3.63) is 157 Å². The van der Waals surface area contributed by atoms with E-state index in [2.05, 4.69) is 161 Å². The van der Waals surface area contributed by atoms with Crippen LogP contribution in [0.5, 0.6) is 0 Å². The van der Waals surface area contributed by atoms with E-state index in [1.165, 1.54) is 38.5 Å². The van der Waals surface area contributed by atoms with E-state index in [4.69, 9.17) is 4.42 Å². The summed E-state index contributed by atoms with van der Waals surface area (Å²) in [4.78, 5) is 4.67. The average Bonchev–Trinajstić information content (AvgIpc) is 3.53. The molecule has 3 heteroatoms. The third kappa shape index (κ3) is 4.78. The van der Waals surface area contributed by atoms with Crippen LogP contribution in [0.2, 0.25) is 0 Å². The van der Waals surface area contributed by atoms with Crippen LogP contribution in [0, 0.1) is 17.8 Å². The van der Waals surface area contributed by atoms with E-state index >= 15 is 0 Å². The molecule has 4 fully saturated rings. The van der Waals surface area contributed by atoms with Gasteiger partial charge in [-0.3, -0.25) is 0 Å². The van der Waals surface area contributed by atoms with Crippen LogP contribution >= 0.6 is 0 Å². The lowest BCUT2D eigenvalue weighted by Crippen LogP contribution is -2.48. The quantitative estimate of drug-likeness (QED) is 0.174. The van der Waals surface area contributed by atoms with E-state index in [-0.39, 0.29) is 0 Å². The number of para-hydroxylation sites is 5. The van der Waals surface area contributed by atoms with Crippen LogP contribution in [0.1, 0.15) is 44.1 Å². The first kappa shape index (κ1) is 28.7. The first-order chi connectivity index (χ1) is 24.2. The van der Waals surface area contributed by atoms with E-state index in [1.807, 2.05) is 0 Å². The Labute approximate surface area is 288 Å². The molecule has 0 aliphatic heterocycles. The monoisotopic (exact) mass is 636 g/mol. The van der Waals surface area contributed by atoms with E-state index in [9.17, 15) is 0 Å². The van der Waals surface area contributed by atoms with Gasteiger partial charge in [-0.15, -0.1) is 0 Å². The maximum atomic E-state index is 7.07. The molecule has 11 rings (SSSR count). The van der Waals surface area contributed by atoms with Crippen molar-refractivity contribution in [3.63, 3.8) is 0 Å². The zero-order chi connectivity index (χ0) is 32.4. The third-order valence-corrected chi connectivity index (χ3v) is 11.8. The van der Waals surface area contributed by atoms with Crippen LogP contribution in [0.25, 0.3) is 21.9 Å². The lowest BCUT2D eigenvalue weighted by atomic mass is 9.48. The van der Waals surface area contributed by atoms with Crippen molar-refractivity contribution >= 4 is 56.1 Å². The number of rotatable bonds is 7. The maximum Gasteiger partial charge on any atom is 0.159 e. The Bertz CT molecular complexity index is 2180. The number of furan rings is 1. The predicted octanol–water partition coefficient (Wildman–Crippen LogP) is 13.0. The summed E-state index contributed by atoms with van der Waals surface area (Å²) in [6.07, 6.45) is 8.55. The average molecular weight is 637 g/mol. The van der Waals surface area contributed by atoms with E-state index in [1.54, 1.807) is 5.56 Å². The minimum Gasteiger partial charge on any atom is -0.452 e. The second-order valence-corrected chi connectivity index (χ2v) is 14.8. The molecule has 0 radical (unpaired) electrons. The third-order valence-electron chi connectivity index (χ3n) is 11.8. The van der Waals surface area contributed by atoms with Gasteiger partial charge in [0.15, 0.2) is 11.2 Å². The SMILES string of the molecule is c1ccc(N(c2ccccc2)c2cccc3c2oc2c(N(c4ccccc4)c4ccc(C56CC7CC(CC(C7)C5)C6)cc4)cccc23)cc1. The first-order valence-electron chi connectivity index (χ1n) is 18.0. The van der Waals surface area contributed by atoms with Crippen LogP contribution in [0.15, 0.2) is 156 Å². The summed E-state index contributed by atoms with van der Waals surface area (Å²) in [5.41, 5.74) is 10.2. The van der Waals surface area contributed by atoms with Gasteiger partial charge in [-0.05, 0) is 128 Å². The minimum absolute atomic E-state index is 0.378. The van der Waals surface area contributed by atoms with Gasteiger partial charge in [0.1, 0.15) is 0 Å². The van der Waals surface area contributed by atoms with Crippen molar-refractivity contribution < 1.29 is 4.42 Å². The Morgan fingerprint density at radius 1 is 0.408 bits per heavy atom. The normalized spacial score (nSPS) is 22.5. The first-order valence-corrected chi connectivity index (χ1v) is 18.0. The van der Waals surface area contributed by atoms with Crippen LogP contribution in [0.3, 0.4) is 0 Å². The van der Waals surface area contributed by atoms with Crippen LogP contribution in [0.4, 0.5) is 34.1 Å². The van der Waals surface area contributed by atoms with Gasteiger partial charge in [0.2, 0.25) is 0 Å². The largest absolute Gasteiger partial charge is 0.452 e. The van der Waals surface area contributed by atoms with Crippen LogP contribution < -0.4 is 9.80 Å². The van der Waals surface area contributed by atoms with Crippen molar-refractivity contribution in [2.45, 2.75) is 43.9 Å². The molecule has 0 saturated heterocycles. The summed E-state index contributed by atoms with van der Waals surface area (Å²) in [6, 6.07) is 54.6. The molecular weight excluding hydrogens is 597 g/mol. The Morgan fingerprint density at radius 2 is 0.796 bits per heavy atom. The molecule has 240 valence electrons. The molecule has 49 heavy (non-hydrogen) atoms. The molecule has 7 aromatic rings. The van der Waals surface area contributed by atoms with Gasteiger partial charge in [0, 0.05) is 33.5 Å². The number of anilines is 6. The van der Waals surface area contributed by atoms with Crippen molar-refractivity contribution in [3.8, 4) is 0 Å². The van der Waals surface area contributed by atoms with Gasteiger partial charge in [-0.1, -0.05) is 91.0 Å². The summed E-state index contributed by atoms with van der Waals surface area (Å²) in [5, 5.41) is 2.22. The van der Waals surface area contributed by atoms with Gasteiger partial charge >= 0.3 is 0 Å². The standard InChI is InChI=1S/C46H40N2O/c1-4-12-36(13-5-1)47(37-14-6-2-7-15-37)42-20-10-18-40-41-19-11-21-43(45(41)49-44(40)42)48(38-16-8-3-9-17-38)39-24-22-35(23-25-39)46-29-32-26-33(30-46)28-34(27-32)31-46/h1-25,32-34H,26-31H2. The molecule has 0 spiro atoms. The molecule has 6 aromatic carbocycles. The highest BCUT2D eigenvalue weighted by molar-refractivity contribution is 6.14. The lowest BCUT2D eigenvalue weighted by Gasteiger charge is -2.57. The molecular formula is C46H40N2O. The lowest BCUT2D eigenvalue weighted by molar-refractivity contribution is -0.00518. The summed E-state index contributed by atoms with van der Waals surface area (Å²) in [5.74, 6) is 2.80. The molecule has 0 N–H and O–H groups in total. The van der Waals surface area contributed by atoms with Gasteiger partial charge in [-0.25, -0.2) is 0 Å². The number of hydrogen-bond donors (Lipinski definition) is 0. The maximum absolute atomic E-state index is 7.07. The predicted molar refractivity (Wildman–Crippen MR) is 203 cm³/mol. The fraction of sp³-hybridized carbons (Fsp3) is 0.217.